The van der Waals surface area contributed by atoms with Crippen LogP contribution >= 0.6 is 11.3 Å². The first kappa shape index (κ1) is 22.6. The van der Waals surface area contributed by atoms with E-state index in [1.807, 2.05) is 54.6 Å². The maximum atomic E-state index is 13.7. The number of nitrogens with zero attached hydrogens (tertiary/aromatic N) is 5. The molecule has 1 fully saturated rings. The third kappa shape index (κ3) is 4.43. The summed E-state index contributed by atoms with van der Waals surface area (Å²) in [7, 11) is 3.57. The van der Waals surface area contributed by atoms with Crippen LogP contribution in [-0.2, 0) is 13.5 Å². The van der Waals surface area contributed by atoms with E-state index >= 15 is 0 Å². The number of ether oxygens (including phenoxy) is 1. The topological polar surface area (TPSA) is 63.5 Å². The molecular weight excluding hydrogens is 446 g/mol. The van der Waals surface area contributed by atoms with Crippen molar-refractivity contribution in [1.29, 1.82) is 0 Å². The average molecular weight is 476 g/mol. The molecule has 4 aromatic rings. The highest BCUT2D eigenvalue weighted by atomic mass is 32.1. The van der Waals surface area contributed by atoms with Crippen molar-refractivity contribution in [2.45, 2.75) is 13.3 Å². The van der Waals surface area contributed by atoms with E-state index in [1.54, 1.807) is 23.1 Å². The summed E-state index contributed by atoms with van der Waals surface area (Å²) in [5.74, 6) is 0.947. The van der Waals surface area contributed by atoms with Crippen LogP contribution in [0.4, 0.5) is 0 Å². The molecule has 0 atom stereocenters. The van der Waals surface area contributed by atoms with Gasteiger partial charge in [-0.2, -0.15) is 5.10 Å². The van der Waals surface area contributed by atoms with E-state index in [0.717, 1.165) is 72.2 Å². The molecule has 0 aliphatic carbocycles. The highest BCUT2D eigenvalue weighted by molar-refractivity contribution is 7.13. The average Bonchev–Trinajstić information content (AvgIpc) is 3.51. The monoisotopic (exact) mass is 475 g/mol. The normalized spacial score (nSPS) is 14.6. The molecule has 176 valence electrons. The lowest BCUT2D eigenvalue weighted by Crippen LogP contribution is -2.49. The maximum Gasteiger partial charge on any atom is 0.254 e. The van der Waals surface area contributed by atoms with E-state index < -0.39 is 0 Å². The SMILES string of the molecule is COc1ccc(CCN2CCN(C(=O)c3cc(-c4cccs4)nc4c3c(C)nn4C)CC2)cc1. The Kier molecular flexibility index (Phi) is 6.34. The predicted molar refractivity (Wildman–Crippen MR) is 136 cm³/mol. The molecule has 0 N–H and O–H groups in total. The second-order valence-electron chi connectivity index (χ2n) is 8.67. The molecule has 1 saturated heterocycles. The van der Waals surface area contributed by atoms with Crippen LogP contribution in [0.5, 0.6) is 5.75 Å². The fraction of sp³-hybridized carbons (Fsp3) is 0.346. The Labute approximate surface area is 203 Å². The lowest BCUT2D eigenvalue weighted by molar-refractivity contribution is 0.0640. The number of carbonyl (C=O) groups is 1. The Morgan fingerprint density at radius 2 is 1.88 bits per heavy atom. The minimum Gasteiger partial charge on any atom is -0.497 e. The molecule has 4 heterocycles. The quantitative estimate of drug-likeness (QED) is 0.422. The van der Waals surface area contributed by atoms with Crippen molar-refractivity contribution < 1.29 is 9.53 Å². The number of aromatic nitrogens is 3. The van der Waals surface area contributed by atoms with E-state index in [0.29, 0.717) is 5.56 Å². The van der Waals surface area contributed by atoms with Gasteiger partial charge in [0.1, 0.15) is 5.75 Å². The molecule has 0 radical (unpaired) electrons. The van der Waals surface area contributed by atoms with Crippen molar-refractivity contribution >= 4 is 28.3 Å². The van der Waals surface area contributed by atoms with Crippen LogP contribution in [0.2, 0.25) is 0 Å². The van der Waals surface area contributed by atoms with Crippen LogP contribution in [0.25, 0.3) is 21.6 Å². The number of rotatable bonds is 6. The summed E-state index contributed by atoms with van der Waals surface area (Å²) in [6.45, 7) is 6.12. The second-order valence-corrected chi connectivity index (χ2v) is 9.62. The van der Waals surface area contributed by atoms with E-state index in [-0.39, 0.29) is 5.91 Å². The largest absolute Gasteiger partial charge is 0.497 e. The molecule has 8 heteroatoms. The number of hydrogen-bond donors (Lipinski definition) is 0. The lowest BCUT2D eigenvalue weighted by Gasteiger charge is -2.35. The van der Waals surface area contributed by atoms with E-state index in [9.17, 15) is 4.79 Å². The molecule has 0 spiro atoms. The maximum absolute atomic E-state index is 13.7. The number of benzene rings is 1. The van der Waals surface area contributed by atoms with E-state index in [4.69, 9.17) is 9.72 Å². The Morgan fingerprint density at radius 1 is 1.12 bits per heavy atom. The van der Waals surface area contributed by atoms with Gasteiger partial charge < -0.3 is 9.64 Å². The van der Waals surface area contributed by atoms with E-state index in [1.165, 1.54) is 5.56 Å². The number of methoxy groups -OCH3 is 1. The fourth-order valence-corrected chi connectivity index (χ4v) is 5.27. The van der Waals surface area contributed by atoms with Gasteiger partial charge in [-0.05, 0) is 48.6 Å². The van der Waals surface area contributed by atoms with Gasteiger partial charge in [0, 0.05) is 39.8 Å². The van der Waals surface area contributed by atoms with Crippen molar-refractivity contribution in [3.05, 3.63) is 64.7 Å². The third-order valence-corrected chi connectivity index (χ3v) is 7.40. The number of amides is 1. The zero-order valence-electron chi connectivity index (χ0n) is 19.8. The molecule has 0 bridgehead atoms. The van der Waals surface area contributed by atoms with Crippen molar-refractivity contribution in [1.82, 2.24) is 24.6 Å². The Balaban J connectivity index is 1.30. The molecule has 1 amide bonds. The number of aryl methyl sites for hydroxylation is 2. The molecule has 1 aliphatic rings. The van der Waals surface area contributed by atoms with Gasteiger partial charge in [-0.25, -0.2) is 4.98 Å². The van der Waals surface area contributed by atoms with Crippen LogP contribution in [0.3, 0.4) is 0 Å². The number of hydrogen-bond acceptors (Lipinski definition) is 6. The minimum atomic E-state index is 0.0658. The first-order valence-corrected chi connectivity index (χ1v) is 12.4. The molecule has 1 aliphatic heterocycles. The standard InChI is InChI=1S/C26H29N5O2S/c1-18-24-21(17-22(23-5-4-16-34-23)27-25(24)29(2)28-18)26(32)31-14-12-30(13-15-31)11-10-19-6-8-20(33-3)9-7-19/h4-9,16-17H,10-15H2,1-3H3. The van der Waals surface area contributed by atoms with Crippen molar-refractivity contribution in [3.63, 3.8) is 0 Å². The molecule has 1 aromatic carbocycles. The zero-order valence-corrected chi connectivity index (χ0v) is 20.6. The van der Waals surface area contributed by atoms with Crippen LogP contribution in [0.1, 0.15) is 21.6 Å². The van der Waals surface area contributed by atoms with E-state index in [2.05, 4.69) is 22.1 Å². The first-order valence-electron chi connectivity index (χ1n) is 11.6. The van der Waals surface area contributed by atoms with Gasteiger partial charge in [0.05, 0.1) is 34.3 Å². The molecule has 3 aromatic heterocycles. The Morgan fingerprint density at radius 3 is 2.56 bits per heavy atom. The summed E-state index contributed by atoms with van der Waals surface area (Å²) in [5, 5.41) is 7.43. The third-order valence-electron chi connectivity index (χ3n) is 6.51. The summed E-state index contributed by atoms with van der Waals surface area (Å²) < 4.78 is 7.02. The van der Waals surface area contributed by atoms with Gasteiger partial charge in [-0.15, -0.1) is 11.3 Å². The summed E-state index contributed by atoms with van der Waals surface area (Å²) in [6, 6.07) is 14.2. The van der Waals surface area contributed by atoms with Crippen molar-refractivity contribution in [3.8, 4) is 16.3 Å². The Hall–Kier alpha value is -3.23. The van der Waals surface area contributed by atoms with Gasteiger partial charge in [0.15, 0.2) is 5.65 Å². The predicted octanol–water partition coefficient (Wildman–Crippen LogP) is 4.01. The molecular formula is C26H29N5O2S. The van der Waals surface area contributed by atoms with Crippen LogP contribution in [0.15, 0.2) is 47.8 Å². The van der Waals surface area contributed by atoms with Gasteiger partial charge in [-0.3, -0.25) is 14.4 Å². The molecule has 7 nitrogen and oxygen atoms in total. The molecule has 0 unspecified atom stereocenters. The van der Waals surface area contributed by atoms with Gasteiger partial charge in [-0.1, -0.05) is 18.2 Å². The second kappa shape index (κ2) is 9.56. The number of thiophene rings is 1. The number of piperazine rings is 1. The molecule has 5 rings (SSSR count). The van der Waals surface area contributed by atoms with Crippen molar-refractivity contribution in [2.75, 3.05) is 39.8 Å². The smallest absolute Gasteiger partial charge is 0.254 e. The number of pyridine rings is 1. The molecule has 0 saturated carbocycles. The Bertz CT molecular complexity index is 1290. The summed E-state index contributed by atoms with van der Waals surface area (Å²) in [4.78, 5) is 24.0. The number of fused-ring (bicyclic) bond motifs is 1. The highest BCUT2D eigenvalue weighted by Crippen LogP contribution is 2.30. The minimum absolute atomic E-state index is 0.0658. The van der Waals surface area contributed by atoms with Gasteiger partial charge in [0.25, 0.3) is 5.91 Å². The summed E-state index contributed by atoms with van der Waals surface area (Å²) in [6.07, 6.45) is 0.988. The van der Waals surface area contributed by atoms with Gasteiger partial charge in [0.2, 0.25) is 0 Å². The van der Waals surface area contributed by atoms with Crippen LogP contribution in [0, 0.1) is 6.92 Å². The van der Waals surface area contributed by atoms with Gasteiger partial charge >= 0.3 is 0 Å². The lowest BCUT2D eigenvalue weighted by atomic mass is 10.1. The highest BCUT2D eigenvalue weighted by Gasteiger charge is 2.26. The fourth-order valence-electron chi connectivity index (χ4n) is 4.59. The molecule has 34 heavy (non-hydrogen) atoms. The first-order chi connectivity index (χ1) is 16.5. The number of carbonyl (C=O) groups excluding carboxylic acids is 1. The zero-order chi connectivity index (χ0) is 23.7. The summed E-state index contributed by atoms with van der Waals surface area (Å²) in [5.41, 5.74) is 4.42. The summed E-state index contributed by atoms with van der Waals surface area (Å²) >= 11 is 1.63. The van der Waals surface area contributed by atoms with Crippen LogP contribution in [-0.4, -0.2) is 70.3 Å². The van der Waals surface area contributed by atoms with Crippen molar-refractivity contribution in [2.24, 2.45) is 7.05 Å². The van der Waals surface area contributed by atoms with Crippen LogP contribution < -0.4 is 4.74 Å².